The summed E-state index contributed by atoms with van der Waals surface area (Å²) in [5.74, 6) is 6.28. The van der Waals surface area contributed by atoms with Gasteiger partial charge in [-0.3, -0.25) is 9.59 Å². The van der Waals surface area contributed by atoms with E-state index >= 15 is 0 Å². The summed E-state index contributed by atoms with van der Waals surface area (Å²) in [5, 5.41) is 5.57. The molecule has 1 atom stereocenters. The molecule has 11 nitrogen and oxygen atoms in total. The van der Waals surface area contributed by atoms with Gasteiger partial charge in [0.15, 0.2) is 4.93 Å². The minimum absolute atomic E-state index is 0.00354. The minimum Gasteiger partial charge on any atom is -0.490 e. The molecule has 2 amide bonds. The lowest BCUT2D eigenvalue weighted by molar-refractivity contribution is -0.126. The molecule has 0 aliphatic carbocycles. The highest BCUT2D eigenvalue weighted by Crippen LogP contribution is 2.44. The first kappa shape index (κ1) is 42.0. The standard InChI is InChI=1S/C33H55N3O8S2/c1-27(2)10-8-14-35-30(37)25-42-22-23-44-33(6,46-45-32(3,4)5)26-43-29-12-7-11-28(24-29)31(38)36-15-17-40-19-21-41-20-18-39-16-9-13-34/h7,11-12,24,27H,9,13-23,25-26,34H2,1-6H3,(H,35,37)(H,36,38). The number of hydrogen-bond acceptors (Lipinski definition) is 11. The van der Waals surface area contributed by atoms with Gasteiger partial charge < -0.3 is 44.8 Å². The third-order valence-electron chi connectivity index (χ3n) is 5.47. The molecule has 0 aliphatic rings. The number of amides is 2. The van der Waals surface area contributed by atoms with E-state index in [1.807, 2.05) is 20.8 Å². The van der Waals surface area contributed by atoms with E-state index in [1.54, 1.807) is 45.9 Å². The number of benzene rings is 1. The molecule has 1 unspecified atom stereocenters. The first-order valence-electron chi connectivity index (χ1n) is 15.7. The molecule has 1 aromatic rings. The Bertz CT molecular complexity index is 1050. The zero-order valence-corrected chi connectivity index (χ0v) is 30.1. The Balaban J connectivity index is 2.45. The summed E-state index contributed by atoms with van der Waals surface area (Å²) < 4.78 is 34.1. The summed E-state index contributed by atoms with van der Waals surface area (Å²) in [6, 6.07) is 7.02. The second-order valence-electron chi connectivity index (χ2n) is 11.6. The predicted octanol–water partition coefficient (Wildman–Crippen LogP) is 3.90. The van der Waals surface area contributed by atoms with E-state index in [4.69, 9.17) is 34.2 Å². The van der Waals surface area contributed by atoms with Gasteiger partial charge in [-0.2, -0.15) is 0 Å². The minimum atomic E-state index is -0.715. The topological polar surface area (TPSA) is 140 Å². The van der Waals surface area contributed by atoms with Crippen LogP contribution in [0.3, 0.4) is 0 Å². The van der Waals surface area contributed by atoms with E-state index in [2.05, 4.69) is 43.2 Å². The van der Waals surface area contributed by atoms with Crippen molar-refractivity contribution in [2.75, 3.05) is 85.7 Å². The van der Waals surface area contributed by atoms with Crippen LogP contribution in [0.2, 0.25) is 0 Å². The molecule has 13 heteroatoms. The summed E-state index contributed by atoms with van der Waals surface area (Å²) in [5.41, 5.74) is 5.90. The van der Waals surface area contributed by atoms with Crippen LogP contribution in [0.25, 0.3) is 0 Å². The fourth-order valence-corrected chi connectivity index (χ4v) is 5.47. The lowest BCUT2D eigenvalue weighted by Gasteiger charge is -2.31. The molecule has 1 rings (SSSR count). The maximum absolute atomic E-state index is 12.7. The third-order valence-corrected chi connectivity index (χ3v) is 9.45. The maximum Gasteiger partial charge on any atom is 0.251 e. The first-order chi connectivity index (χ1) is 21.9. The largest absolute Gasteiger partial charge is 0.490 e. The van der Waals surface area contributed by atoms with E-state index in [-0.39, 0.29) is 48.9 Å². The van der Waals surface area contributed by atoms with Gasteiger partial charge in [0.1, 0.15) is 19.0 Å². The third kappa shape index (κ3) is 23.3. The Morgan fingerprint density at radius 2 is 1.57 bits per heavy atom. The molecule has 0 spiro atoms. The van der Waals surface area contributed by atoms with Crippen molar-refractivity contribution in [2.45, 2.75) is 57.6 Å². The summed E-state index contributed by atoms with van der Waals surface area (Å²) in [4.78, 5) is 23.9. The Kier molecular flexibility index (Phi) is 22.9. The monoisotopic (exact) mass is 685 g/mol. The van der Waals surface area contributed by atoms with Crippen molar-refractivity contribution in [3.63, 3.8) is 0 Å². The number of hydrogen-bond donors (Lipinski definition) is 3. The van der Waals surface area contributed by atoms with Crippen LogP contribution in [-0.2, 0) is 28.5 Å². The highest BCUT2D eigenvalue weighted by molar-refractivity contribution is 8.77. The fraction of sp³-hybridized carbons (Fsp3) is 0.697. The average molecular weight is 686 g/mol. The van der Waals surface area contributed by atoms with Crippen molar-refractivity contribution in [1.29, 1.82) is 0 Å². The van der Waals surface area contributed by atoms with Gasteiger partial charge in [0.05, 0.1) is 52.8 Å². The average Bonchev–Trinajstić information content (AvgIpc) is 3.01. The van der Waals surface area contributed by atoms with E-state index in [0.717, 1.165) is 6.42 Å². The maximum atomic E-state index is 12.7. The molecule has 0 bridgehead atoms. The molecule has 262 valence electrons. The lowest BCUT2D eigenvalue weighted by Crippen LogP contribution is -2.34. The van der Waals surface area contributed by atoms with E-state index in [9.17, 15) is 9.59 Å². The van der Waals surface area contributed by atoms with Crippen LogP contribution < -0.4 is 21.1 Å². The highest BCUT2D eigenvalue weighted by Gasteiger charge is 2.30. The van der Waals surface area contributed by atoms with E-state index in [1.165, 1.54) is 0 Å². The second-order valence-corrected chi connectivity index (χ2v) is 15.0. The molecule has 4 N–H and O–H groups in total. The van der Waals surface area contributed by atoms with Crippen molar-refractivity contribution in [1.82, 2.24) is 10.6 Å². The molecule has 46 heavy (non-hydrogen) atoms. The van der Waals surface area contributed by atoms with E-state index < -0.39 is 4.93 Å². The fourth-order valence-electron chi connectivity index (χ4n) is 3.24. The predicted molar refractivity (Wildman–Crippen MR) is 186 cm³/mol. The Morgan fingerprint density at radius 1 is 0.891 bits per heavy atom. The molecule has 0 aromatic heterocycles. The number of rotatable bonds is 25. The molecule has 0 radical (unpaired) electrons. The smallest absolute Gasteiger partial charge is 0.251 e. The zero-order chi connectivity index (χ0) is 34.1. The number of nitrogens with two attached hydrogens (primary N) is 1. The van der Waals surface area contributed by atoms with Gasteiger partial charge in [-0.15, -0.1) is 0 Å². The molecule has 0 heterocycles. The van der Waals surface area contributed by atoms with Gasteiger partial charge in [0, 0.05) is 29.4 Å². The van der Waals surface area contributed by atoms with Gasteiger partial charge in [-0.1, -0.05) is 74.1 Å². The van der Waals surface area contributed by atoms with Gasteiger partial charge in [-0.25, -0.2) is 0 Å². The zero-order valence-electron chi connectivity index (χ0n) is 28.4. The Labute approximate surface area is 283 Å². The van der Waals surface area contributed by atoms with Gasteiger partial charge in [0.2, 0.25) is 5.91 Å². The molecule has 0 fully saturated rings. The molecule has 0 saturated heterocycles. The van der Waals surface area contributed by atoms with Gasteiger partial charge in [-0.05, 0) is 38.1 Å². The van der Waals surface area contributed by atoms with Crippen molar-refractivity contribution in [3.8, 4) is 17.6 Å². The van der Waals surface area contributed by atoms with Crippen LogP contribution in [0.5, 0.6) is 5.75 Å². The molecule has 0 saturated carbocycles. The van der Waals surface area contributed by atoms with Gasteiger partial charge >= 0.3 is 0 Å². The summed E-state index contributed by atoms with van der Waals surface area (Å²) in [7, 11) is 3.26. The quantitative estimate of drug-likeness (QED) is 0.0598. The van der Waals surface area contributed by atoms with Crippen LogP contribution in [0.15, 0.2) is 24.3 Å². The summed E-state index contributed by atoms with van der Waals surface area (Å²) in [6.45, 7) is 17.3. The normalized spacial score (nSPS) is 12.7. The SMILES string of the molecule is CC(C)C#CCNC(=O)COCCOC(C)(COc1cccc(C(=O)NCCOCCOCCOCCCN)c1)SSC(C)(C)C. The Morgan fingerprint density at radius 3 is 2.24 bits per heavy atom. The van der Waals surface area contributed by atoms with Crippen LogP contribution in [0, 0.1) is 17.8 Å². The Hall–Kier alpha value is -2.02. The lowest BCUT2D eigenvalue weighted by atomic mass is 10.2. The van der Waals surface area contributed by atoms with Crippen LogP contribution in [0.1, 0.15) is 58.3 Å². The van der Waals surface area contributed by atoms with Crippen LogP contribution in [-0.4, -0.2) is 107 Å². The molecular formula is C33H55N3O8S2. The van der Waals surface area contributed by atoms with E-state index in [0.29, 0.717) is 70.6 Å². The van der Waals surface area contributed by atoms with Gasteiger partial charge in [0.25, 0.3) is 5.91 Å². The number of ether oxygens (including phenoxy) is 6. The number of carbonyl (C=O) groups is 2. The van der Waals surface area contributed by atoms with Crippen molar-refractivity contribution >= 4 is 33.4 Å². The number of carbonyl (C=O) groups excluding carboxylic acids is 2. The van der Waals surface area contributed by atoms with Crippen molar-refractivity contribution in [3.05, 3.63) is 29.8 Å². The molecule has 0 aliphatic heterocycles. The number of nitrogens with one attached hydrogen (secondary N) is 2. The molecular weight excluding hydrogens is 631 g/mol. The van der Waals surface area contributed by atoms with Crippen molar-refractivity contribution < 1.29 is 38.0 Å². The summed E-state index contributed by atoms with van der Waals surface area (Å²) >= 11 is 0. The summed E-state index contributed by atoms with van der Waals surface area (Å²) in [6.07, 6.45) is 0.841. The second kappa shape index (κ2) is 25.1. The van der Waals surface area contributed by atoms with Crippen LogP contribution >= 0.6 is 21.6 Å². The van der Waals surface area contributed by atoms with Crippen LogP contribution in [0.4, 0.5) is 0 Å². The highest BCUT2D eigenvalue weighted by atomic mass is 33.1. The van der Waals surface area contributed by atoms with Crippen molar-refractivity contribution in [2.24, 2.45) is 11.7 Å². The molecule has 1 aromatic carbocycles. The first-order valence-corrected chi connectivity index (χ1v) is 17.9.